The van der Waals surface area contributed by atoms with Crippen LogP contribution < -0.4 is 5.32 Å². The number of carbonyl (C=O) groups is 2. The van der Waals surface area contributed by atoms with Crippen LogP contribution in [0.5, 0.6) is 0 Å². The number of hydrogen-bond donors (Lipinski definition) is 2. The van der Waals surface area contributed by atoms with E-state index in [0.717, 1.165) is 24.8 Å². The van der Waals surface area contributed by atoms with Gasteiger partial charge >= 0.3 is 5.97 Å². The minimum atomic E-state index is -0.927. The van der Waals surface area contributed by atoms with Gasteiger partial charge in [-0.25, -0.2) is 4.79 Å². The molecule has 0 aliphatic carbocycles. The number of nitrogens with one attached hydrogen (secondary N) is 1. The van der Waals surface area contributed by atoms with Crippen molar-refractivity contribution in [1.29, 1.82) is 0 Å². The van der Waals surface area contributed by atoms with Crippen LogP contribution in [0.4, 0.5) is 0 Å². The quantitative estimate of drug-likeness (QED) is 0.811. The number of carboxylic acid groups (broad SMARTS) is 1. The second kappa shape index (κ2) is 7.94. The lowest BCUT2D eigenvalue weighted by atomic mass is 10.1. The smallest absolute Gasteiger partial charge is 0.335 e. The summed E-state index contributed by atoms with van der Waals surface area (Å²) in [5.74, 6) is -0.881. The highest BCUT2D eigenvalue weighted by Gasteiger charge is 2.21. The number of carboxylic acids is 1. The molecule has 5 heteroatoms. The van der Waals surface area contributed by atoms with E-state index in [-0.39, 0.29) is 17.6 Å². The highest BCUT2D eigenvalue weighted by atomic mass is 16.5. The van der Waals surface area contributed by atoms with Crippen LogP contribution >= 0.6 is 0 Å². The number of aromatic carboxylic acids is 1. The summed E-state index contributed by atoms with van der Waals surface area (Å²) in [5.41, 5.74) is 1.29. The van der Waals surface area contributed by atoms with Gasteiger partial charge in [-0.2, -0.15) is 0 Å². The van der Waals surface area contributed by atoms with E-state index in [0.29, 0.717) is 25.5 Å². The highest BCUT2D eigenvalue weighted by Crippen LogP contribution is 2.22. The number of benzene rings is 1. The maximum absolute atomic E-state index is 11.8. The zero-order valence-corrected chi connectivity index (χ0v) is 12.9. The standard InChI is InChI=1S/C17H23NO4/c1-12-2-7-15(22-12)8-9-16(19)18-11-10-13-3-5-14(6-4-13)17(20)21/h3-6,12,15H,2,7-11H2,1H3,(H,18,19)(H,20,21)/t12-,15+/m1/s1. The molecule has 0 saturated carbocycles. The summed E-state index contributed by atoms with van der Waals surface area (Å²) in [6.45, 7) is 2.63. The largest absolute Gasteiger partial charge is 0.478 e. The van der Waals surface area contributed by atoms with Crippen molar-refractivity contribution in [2.45, 2.75) is 51.2 Å². The van der Waals surface area contributed by atoms with E-state index in [4.69, 9.17) is 9.84 Å². The fourth-order valence-electron chi connectivity index (χ4n) is 2.64. The first-order valence-corrected chi connectivity index (χ1v) is 7.79. The summed E-state index contributed by atoms with van der Waals surface area (Å²) in [6, 6.07) is 6.73. The van der Waals surface area contributed by atoms with Gasteiger partial charge < -0.3 is 15.2 Å². The zero-order chi connectivity index (χ0) is 15.9. The fraction of sp³-hybridized carbons (Fsp3) is 0.529. The van der Waals surface area contributed by atoms with Gasteiger partial charge in [0.15, 0.2) is 0 Å². The molecule has 0 aromatic heterocycles. The van der Waals surface area contributed by atoms with Crippen LogP contribution in [0.25, 0.3) is 0 Å². The lowest BCUT2D eigenvalue weighted by Crippen LogP contribution is -2.26. The van der Waals surface area contributed by atoms with Crippen LogP contribution in [0.3, 0.4) is 0 Å². The molecule has 1 fully saturated rings. The predicted molar refractivity (Wildman–Crippen MR) is 82.9 cm³/mol. The van der Waals surface area contributed by atoms with Gasteiger partial charge in [-0.05, 0) is 50.3 Å². The molecule has 1 heterocycles. The molecule has 0 spiro atoms. The van der Waals surface area contributed by atoms with Crippen LogP contribution in [0, 0.1) is 0 Å². The van der Waals surface area contributed by atoms with Gasteiger partial charge in [0, 0.05) is 13.0 Å². The minimum Gasteiger partial charge on any atom is -0.478 e. The van der Waals surface area contributed by atoms with Gasteiger partial charge in [-0.15, -0.1) is 0 Å². The van der Waals surface area contributed by atoms with Gasteiger partial charge in [-0.3, -0.25) is 4.79 Å². The summed E-state index contributed by atoms with van der Waals surface area (Å²) in [6.07, 6.45) is 4.65. The Morgan fingerprint density at radius 2 is 2.00 bits per heavy atom. The molecule has 2 N–H and O–H groups in total. The average molecular weight is 305 g/mol. The van der Waals surface area contributed by atoms with Crippen molar-refractivity contribution >= 4 is 11.9 Å². The van der Waals surface area contributed by atoms with Gasteiger partial charge in [-0.1, -0.05) is 12.1 Å². The Balaban J connectivity index is 1.63. The van der Waals surface area contributed by atoms with Crippen LogP contribution in [0.2, 0.25) is 0 Å². The second-order valence-electron chi connectivity index (χ2n) is 5.79. The predicted octanol–water partition coefficient (Wildman–Crippen LogP) is 2.39. The molecule has 1 saturated heterocycles. The van der Waals surface area contributed by atoms with Crippen molar-refractivity contribution in [3.05, 3.63) is 35.4 Å². The van der Waals surface area contributed by atoms with E-state index in [1.165, 1.54) is 0 Å². The van der Waals surface area contributed by atoms with Gasteiger partial charge in [0.2, 0.25) is 5.91 Å². The van der Waals surface area contributed by atoms with Crippen molar-refractivity contribution in [1.82, 2.24) is 5.32 Å². The molecule has 22 heavy (non-hydrogen) atoms. The number of ether oxygens (including phenoxy) is 1. The molecule has 1 aromatic rings. The van der Waals surface area contributed by atoms with E-state index in [9.17, 15) is 9.59 Å². The molecule has 1 aliphatic heterocycles. The Morgan fingerprint density at radius 3 is 2.59 bits per heavy atom. The van der Waals surface area contributed by atoms with Crippen molar-refractivity contribution in [3.8, 4) is 0 Å². The molecule has 2 atom stereocenters. The molecule has 120 valence electrons. The van der Waals surface area contributed by atoms with Crippen LogP contribution in [-0.2, 0) is 16.0 Å². The Kier molecular flexibility index (Phi) is 5.95. The van der Waals surface area contributed by atoms with Crippen LogP contribution in [-0.4, -0.2) is 35.7 Å². The molecule has 0 radical (unpaired) electrons. The molecule has 1 aliphatic rings. The van der Waals surface area contributed by atoms with Crippen molar-refractivity contribution in [3.63, 3.8) is 0 Å². The van der Waals surface area contributed by atoms with Gasteiger partial charge in [0.25, 0.3) is 0 Å². The third-order valence-electron chi connectivity index (χ3n) is 3.95. The number of amides is 1. The molecular weight excluding hydrogens is 282 g/mol. The van der Waals surface area contributed by atoms with Crippen LogP contribution in [0.15, 0.2) is 24.3 Å². The van der Waals surface area contributed by atoms with E-state index in [1.54, 1.807) is 24.3 Å². The fourth-order valence-corrected chi connectivity index (χ4v) is 2.64. The third-order valence-corrected chi connectivity index (χ3v) is 3.95. The Morgan fingerprint density at radius 1 is 1.27 bits per heavy atom. The third kappa shape index (κ3) is 5.15. The summed E-state index contributed by atoms with van der Waals surface area (Å²) in [4.78, 5) is 22.5. The van der Waals surface area contributed by atoms with Crippen molar-refractivity contribution in [2.75, 3.05) is 6.54 Å². The average Bonchev–Trinajstić information content (AvgIpc) is 2.91. The van der Waals surface area contributed by atoms with Crippen molar-refractivity contribution < 1.29 is 19.4 Å². The number of rotatable bonds is 7. The minimum absolute atomic E-state index is 0.0466. The Labute approximate surface area is 130 Å². The summed E-state index contributed by atoms with van der Waals surface area (Å²) in [5, 5.41) is 11.7. The first-order valence-electron chi connectivity index (χ1n) is 7.79. The lowest BCUT2D eigenvalue weighted by Gasteiger charge is -2.11. The van der Waals surface area contributed by atoms with Gasteiger partial charge in [0.05, 0.1) is 17.8 Å². The number of hydrogen-bond acceptors (Lipinski definition) is 3. The zero-order valence-electron chi connectivity index (χ0n) is 12.9. The topological polar surface area (TPSA) is 75.6 Å². The Hall–Kier alpha value is -1.88. The van der Waals surface area contributed by atoms with E-state index < -0.39 is 5.97 Å². The first kappa shape index (κ1) is 16.5. The molecule has 1 aromatic carbocycles. The lowest BCUT2D eigenvalue weighted by molar-refractivity contribution is -0.121. The molecule has 5 nitrogen and oxygen atoms in total. The van der Waals surface area contributed by atoms with E-state index in [1.807, 2.05) is 0 Å². The second-order valence-corrected chi connectivity index (χ2v) is 5.79. The molecule has 2 rings (SSSR count). The van der Waals surface area contributed by atoms with Crippen LogP contribution in [0.1, 0.15) is 48.5 Å². The number of carbonyl (C=O) groups excluding carboxylic acids is 1. The normalized spacial score (nSPS) is 20.8. The summed E-state index contributed by atoms with van der Waals surface area (Å²) >= 11 is 0. The van der Waals surface area contributed by atoms with E-state index >= 15 is 0 Å². The molecule has 1 amide bonds. The highest BCUT2D eigenvalue weighted by molar-refractivity contribution is 5.87. The van der Waals surface area contributed by atoms with Gasteiger partial charge in [0.1, 0.15) is 0 Å². The molecular formula is C17H23NO4. The van der Waals surface area contributed by atoms with E-state index in [2.05, 4.69) is 12.2 Å². The maximum atomic E-state index is 11.8. The monoisotopic (exact) mass is 305 g/mol. The maximum Gasteiger partial charge on any atom is 0.335 e. The first-order chi connectivity index (χ1) is 10.5. The summed E-state index contributed by atoms with van der Waals surface area (Å²) in [7, 11) is 0. The molecule has 0 bridgehead atoms. The van der Waals surface area contributed by atoms with Crippen molar-refractivity contribution in [2.24, 2.45) is 0 Å². The SMILES string of the molecule is C[C@@H]1CC[C@@H](CCC(=O)NCCc2ccc(C(=O)O)cc2)O1. The Bertz CT molecular complexity index is 512. The summed E-state index contributed by atoms with van der Waals surface area (Å²) < 4.78 is 5.69. The molecule has 0 unspecified atom stereocenters.